The maximum absolute atomic E-state index is 13.0. The van der Waals surface area contributed by atoms with Crippen molar-refractivity contribution in [2.75, 3.05) is 31.0 Å². The lowest BCUT2D eigenvalue weighted by atomic mass is 9.99. The zero-order valence-electron chi connectivity index (χ0n) is 18.7. The Bertz CT molecular complexity index is 1260. The molecule has 9 heteroatoms. The molecule has 1 aliphatic heterocycles. The first-order valence-electron chi connectivity index (χ1n) is 10.6. The van der Waals surface area contributed by atoms with Gasteiger partial charge in [-0.3, -0.25) is 19.7 Å². The van der Waals surface area contributed by atoms with Gasteiger partial charge in [-0.05, 0) is 48.7 Å². The molecule has 1 aliphatic rings. The molecule has 9 nitrogen and oxygen atoms in total. The first-order chi connectivity index (χ1) is 16.4. The van der Waals surface area contributed by atoms with E-state index in [1.165, 1.54) is 20.3 Å². The highest BCUT2D eigenvalue weighted by atomic mass is 16.6. The average Bonchev–Trinajstić information content (AvgIpc) is 2.87. The number of fused-ring (bicyclic) bond motifs is 1. The smallest absolute Gasteiger partial charge is 0.286 e. The number of nitrogens with one attached hydrogen (secondary N) is 1. The number of amides is 2. The third kappa shape index (κ3) is 4.40. The van der Waals surface area contributed by atoms with Crippen molar-refractivity contribution in [3.05, 3.63) is 87.5 Å². The van der Waals surface area contributed by atoms with Crippen LogP contribution in [0.15, 0.2) is 60.7 Å². The minimum absolute atomic E-state index is 0.0840. The summed E-state index contributed by atoms with van der Waals surface area (Å²) >= 11 is 0. The molecule has 2 amide bonds. The molecule has 0 bridgehead atoms. The number of anilines is 2. The van der Waals surface area contributed by atoms with Crippen LogP contribution in [0.4, 0.5) is 17.1 Å². The number of rotatable bonds is 6. The molecular weight excluding hydrogens is 438 g/mol. The minimum atomic E-state index is -0.652. The summed E-state index contributed by atoms with van der Waals surface area (Å²) in [6.45, 7) is 0.601. The van der Waals surface area contributed by atoms with Gasteiger partial charge < -0.3 is 19.7 Å². The van der Waals surface area contributed by atoms with Gasteiger partial charge in [0.1, 0.15) is 5.56 Å². The third-order valence-corrected chi connectivity index (χ3v) is 5.67. The Morgan fingerprint density at radius 1 is 1.00 bits per heavy atom. The SMILES string of the molecule is COc1cc(C(=O)Nc2ccc3c(c2)CCCN3C(=O)c2ccccc2)c([N+](=O)[O-])cc1OC. The van der Waals surface area contributed by atoms with Gasteiger partial charge >= 0.3 is 0 Å². The first kappa shape index (κ1) is 22.8. The largest absolute Gasteiger partial charge is 0.493 e. The minimum Gasteiger partial charge on any atom is -0.493 e. The second kappa shape index (κ2) is 9.62. The fourth-order valence-corrected chi connectivity index (χ4v) is 4.02. The maximum atomic E-state index is 13.0. The van der Waals surface area contributed by atoms with Crippen molar-refractivity contribution >= 4 is 28.9 Å². The zero-order chi connectivity index (χ0) is 24.2. The number of hydrogen-bond acceptors (Lipinski definition) is 6. The van der Waals surface area contributed by atoms with Crippen LogP contribution in [0.2, 0.25) is 0 Å². The van der Waals surface area contributed by atoms with E-state index in [9.17, 15) is 19.7 Å². The summed E-state index contributed by atoms with van der Waals surface area (Å²) in [5.41, 5.74) is 2.23. The van der Waals surface area contributed by atoms with Crippen molar-refractivity contribution in [1.29, 1.82) is 0 Å². The number of aryl methyl sites for hydroxylation is 1. The van der Waals surface area contributed by atoms with Crippen molar-refractivity contribution < 1.29 is 24.0 Å². The Morgan fingerprint density at radius 3 is 2.38 bits per heavy atom. The van der Waals surface area contributed by atoms with Gasteiger partial charge in [-0.2, -0.15) is 0 Å². The van der Waals surface area contributed by atoms with Gasteiger partial charge in [-0.25, -0.2) is 0 Å². The van der Waals surface area contributed by atoms with E-state index in [1.807, 2.05) is 18.2 Å². The number of benzene rings is 3. The summed E-state index contributed by atoms with van der Waals surface area (Å²) in [4.78, 5) is 38.6. The highest BCUT2D eigenvalue weighted by molar-refractivity contribution is 6.09. The van der Waals surface area contributed by atoms with Crippen LogP contribution >= 0.6 is 0 Å². The van der Waals surface area contributed by atoms with Crippen molar-refractivity contribution in [2.45, 2.75) is 12.8 Å². The van der Waals surface area contributed by atoms with Crippen molar-refractivity contribution in [3.63, 3.8) is 0 Å². The predicted molar refractivity (Wildman–Crippen MR) is 127 cm³/mol. The molecule has 34 heavy (non-hydrogen) atoms. The highest BCUT2D eigenvalue weighted by Gasteiger charge is 2.26. The van der Waals surface area contributed by atoms with Gasteiger partial charge in [0.2, 0.25) is 0 Å². The molecule has 1 N–H and O–H groups in total. The van der Waals surface area contributed by atoms with Crippen LogP contribution in [0.1, 0.15) is 32.7 Å². The van der Waals surface area contributed by atoms with E-state index < -0.39 is 16.5 Å². The first-order valence-corrected chi connectivity index (χ1v) is 10.6. The molecule has 0 aliphatic carbocycles. The molecule has 0 unspecified atom stereocenters. The number of hydrogen-bond donors (Lipinski definition) is 1. The quantitative estimate of drug-likeness (QED) is 0.429. The molecule has 3 aromatic carbocycles. The molecule has 174 valence electrons. The van der Waals surface area contributed by atoms with Crippen LogP contribution in [0, 0.1) is 10.1 Å². The molecule has 0 radical (unpaired) electrons. The summed E-state index contributed by atoms with van der Waals surface area (Å²) in [7, 11) is 2.75. The highest BCUT2D eigenvalue weighted by Crippen LogP contribution is 2.35. The van der Waals surface area contributed by atoms with E-state index in [-0.39, 0.29) is 23.0 Å². The zero-order valence-corrected chi connectivity index (χ0v) is 18.7. The summed E-state index contributed by atoms with van der Waals surface area (Å²) < 4.78 is 10.3. The van der Waals surface area contributed by atoms with Crippen LogP contribution in [-0.2, 0) is 6.42 Å². The van der Waals surface area contributed by atoms with Crippen LogP contribution in [-0.4, -0.2) is 37.5 Å². The number of nitrogens with zero attached hydrogens (tertiary/aromatic N) is 2. The number of ether oxygens (including phenoxy) is 2. The molecular formula is C25H23N3O6. The van der Waals surface area contributed by atoms with Gasteiger partial charge in [0.15, 0.2) is 11.5 Å². The van der Waals surface area contributed by atoms with E-state index in [4.69, 9.17) is 9.47 Å². The van der Waals surface area contributed by atoms with Gasteiger partial charge in [0, 0.05) is 29.5 Å². The van der Waals surface area contributed by atoms with Crippen molar-refractivity contribution in [2.24, 2.45) is 0 Å². The summed E-state index contributed by atoms with van der Waals surface area (Å²) in [5.74, 6) is -0.374. The topological polar surface area (TPSA) is 111 Å². The monoisotopic (exact) mass is 461 g/mol. The van der Waals surface area contributed by atoms with Crippen LogP contribution in [0.25, 0.3) is 0 Å². The average molecular weight is 461 g/mol. The standard InChI is InChI=1S/C25H23N3O6/c1-33-22-14-19(21(28(31)32)15-23(22)34-2)24(29)26-18-10-11-20-17(13-18)9-6-12-27(20)25(30)16-7-4-3-5-8-16/h3-5,7-8,10-11,13-15H,6,9,12H2,1-2H3,(H,26,29). The van der Waals surface area contributed by atoms with Crippen LogP contribution in [0.3, 0.4) is 0 Å². The van der Waals surface area contributed by atoms with Gasteiger partial charge in [-0.1, -0.05) is 18.2 Å². The predicted octanol–water partition coefficient (Wildman–Crippen LogP) is 4.46. The Hall–Kier alpha value is -4.40. The lowest BCUT2D eigenvalue weighted by Gasteiger charge is -2.30. The Balaban J connectivity index is 1.61. The van der Waals surface area contributed by atoms with Gasteiger partial charge in [0.05, 0.1) is 25.2 Å². The summed E-state index contributed by atoms with van der Waals surface area (Å²) in [5, 5.41) is 14.3. The van der Waals surface area contributed by atoms with Crippen LogP contribution in [0.5, 0.6) is 11.5 Å². The second-order valence-corrected chi connectivity index (χ2v) is 7.71. The molecule has 4 rings (SSSR count). The Labute approximate surface area is 196 Å². The fourth-order valence-electron chi connectivity index (χ4n) is 4.02. The molecule has 1 heterocycles. The lowest BCUT2D eigenvalue weighted by molar-refractivity contribution is -0.385. The second-order valence-electron chi connectivity index (χ2n) is 7.71. The Morgan fingerprint density at radius 2 is 1.71 bits per heavy atom. The summed E-state index contributed by atoms with van der Waals surface area (Å²) in [6, 6.07) is 16.8. The van der Waals surface area contributed by atoms with Gasteiger partial charge in [0.25, 0.3) is 17.5 Å². The number of nitro benzene ring substituents is 1. The van der Waals surface area contributed by atoms with E-state index in [0.717, 1.165) is 30.2 Å². The number of carbonyl (C=O) groups excluding carboxylic acids is 2. The third-order valence-electron chi connectivity index (χ3n) is 5.67. The van der Waals surface area contributed by atoms with Crippen LogP contribution < -0.4 is 19.7 Å². The normalized spacial score (nSPS) is 12.5. The molecule has 0 saturated carbocycles. The van der Waals surface area contributed by atoms with E-state index in [1.54, 1.807) is 35.2 Å². The van der Waals surface area contributed by atoms with Crippen molar-refractivity contribution in [1.82, 2.24) is 0 Å². The molecule has 0 spiro atoms. The summed E-state index contributed by atoms with van der Waals surface area (Å²) in [6.07, 6.45) is 1.53. The number of methoxy groups -OCH3 is 2. The molecule has 3 aromatic rings. The molecule has 0 fully saturated rings. The molecule has 0 aromatic heterocycles. The van der Waals surface area contributed by atoms with E-state index in [2.05, 4.69) is 5.32 Å². The maximum Gasteiger partial charge on any atom is 0.286 e. The Kier molecular flexibility index (Phi) is 6.44. The van der Waals surface area contributed by atoms with E-state index >= 15 is 0 Å². The lowest BCUT2D eigenvalue weighted by Crippen LogP contribution is -2.35. The molecule has 0 saturated heterocycles. The number of nitro groups is 1. The van der Waals surface area contributed by atoms with E-state index in [0.29, 0.717) is 17.8 Å². The number of carbonyl (C=O) groups is 2. The van der Waals surface area contributed by atoms with Gasteiger partial charge in [-0.15, -0.1) is 0 Å². The molecule has 0 atom stereocenters. The fraction of sp³-hybridized carbons (Fsp3) is 0.200. The van der Waals surface area contributed by atoms with Crippen molar-refractivity contribution in [3.8, 4) is 11.5 Å².